The van der Waals surface area contributed by atoms with Crippen LogP contribution in [0.2, 0.25) is 0 Å². The van der Waals surface area contributed by atoms with Crippen LogP contribution >= 0.6 is 0 Å². The first-order valence-electron chi connectivity index (χ1n) is 13.9. The monoisotopic (exact) mass is 479 g/mol. The van der Waals surface area contributed by atoms with Crippen molar-refractivity contribution in [2.24, 2.45) is 56.2 Å². The zero-order valence-corrected chi connectivity index (χ0v) is 23.0. The molecule has 35 heavy (non-hydrogen) atoms. The fourth-order valence-electron chi connectivity index (χ4n) is 10.7. The Kier molecular flexibility index (Phi) is 5.26. The first-order valence-corrected chi connectivity index (χ1v) is 13.9. The molecule has 0 radical (unpaired) electrons. The highest BCUT2D eigenvalue weighted by atomic mass is 16.3. The van der Waals surface area contributed by atoms with Crippen molar-refractivity contribution in [3.05, 3.63) is 23.2 Å². The Morgan fingerprint density at radius 3 is 2.23 bits per heavy atom. The van der Waals surface area contributed by atoms with Gasteiger partial charge in [-0.15, -0.1) is 0 Å². The third kappa shape index (κ3) is 3.00. The minimum atomic E-state index is -0.586. The second-order valence-corrected chi connectivity index (χ2v) is 15.2. The summed E-state index contributed by atoms with van der Waals surface area (Å²) in [5.74, 6) is 0.859. The molecule has 5 aliphatic rings. The van der Waals surface area contributed by atoms with Crippen LogP contribution in [0.3, 0.4) is 0 Å². The molecule has 192 valence electrons. The lowest BCUT2D eigenvalue weighted by Gasteiger charge is -2.72. The van der Waals surface area contributed by atoms with E-state index in [9.17, 15) is 14.7 Å². The number of allylic oxidation sites excluding steroid dienone is 2. The van der Waals surface area contributed by atoms with Gasteiger partial charge in [-0.2, -0.15) is 0 Å². The first-order chi connectivity index (χ1) is 16.1. The van der Waals surface area contributed by atoms with Crippen LogP contribution in [-0.2, 0) is 9.59 Å². The van der Waals surface area contributed by atoms with E-state index in [1.807, 2.05) is 19.9 Å². The Balaban J connectivity index is 1.63. The van der Waals surface area contributed by atoms with Gasteiger partial charge in [-0.1, -0.05) is 54.5 Å². The molecule has 8 atom stereocenters. The topological polar surface area (TPSA) is 58.7 Å². The van der Waals surface area contributed by atoms with E-state index in [4.69, 9.17) is 6.57 Å². The van der Waals surface area contributed by atoms with Crippen molar-refractivity contribution in [1.82, 2.24) is 0 Å². The molecule has 0 amide bonds. The average Bonchev–Trinajstić information content (AvgIpc) is 2.77. The van der Waals surface area contributed by atoms with Gasteiger partial charge < -0.3 is 9.90 Å². The Labute approximate surface area is 212 Å². The smallest absolute Gasteiger partial charge is 0.226 e. The van der Waals surface area contributed by atoms with Gasteiger partial charge in [-0.3, -0.25) is 4.79 Å². The van der Waals surface area contributed by atoms with Crippen LogP contribution < -0.4 is 0 Å². The molecule has 1 N–H and O–H groups in total. The average molecular weight is 480 g/mol. The molecule has 5 aliphatic carbocycles. The third-order valence-electron chi connectivity index (χ3n) is 12.9. The summed E-state index contributed by atoms with van der Waals surface area (Å²) in [6, 6.07) is 0. The number of Topliss-reactive ketones (excluding diaryl/α,β-unsaturated/α-hetero) is 2. The van der Waals surface area contributed by atoms with E-state index >= 15 is 0 Å². The minimum absolute atomic E-state index is 0.00748. The van der Waals surface area contributed by atoms with Gasteiger partial charge in [0, 0.05) is 24.4 Å². The number of carbonyl (C=O) groups excluding carboxylic acids is 2. The zero-order chi connectivity index (χ0) is 25.8. The molecular weight excluding hydrogens is 434 g/mol. The van der Waals surface area contributed by atoms with Gasteiger partial charge in [0.05, 0.1) is 6.57 Å². The van der Waals surface area contributed by atoms with Crippen molar-refractivity contribution in [2.45, 2.75) is 99.8 Å². The lowest BCUT2D eigenvalue weighted by atomic mass is 9.32. The number of fused-ring (bicyclic) bond motifs is 7. The highest BCUT2D eigenvalue weighted by Gasteiger charge is 2.71. The van der Waals surface area contributed by atoms with Crippen molar-refractivity contribution in [2.75, 3.05) is 6.61 Å². The zero-order valence-electron chi connectivity index (χ0n) is 23.0. The van der Waals surface area contributed by atoms with Crippen molar-refractivity contribution < 1.29 is 14.7 Å². The van der Waals surface area contributed by atoms with Gasteiger partial charge in [0.2, 0.25) is 5.70 Å². The van der Waals surface area contributed by atoms with E-state index in [0.717, 1.165) is 44.9 Å². The van der Waals surface area contributed by atoms with E-state index in [2.05, 4.69) is 39.5 Å². The molecule has 0 spiro atoms. The van der Waals surface area contributed by atoms with E-state index < -0.39 is 5.41 Å². The van der Waals surface area contributed by atoms with Crippen molar-refractivity contribution in [3.8, 4) is 0 Å². The maximum atomic E-state index is 14.3. The fraction of sp³-hybridized carbons (Fsp3) is 0.839. The maximum Gasteiger partial charge on any atom is 0.226 e. The predicted molar refractivity (Wildman–Crippen MR) is 137 cm³/mol. The summed E-state index contributed by atoms with van der Waals surface area (Å²) in [5, 5.41) is 10.7. The summed E-state index contributed by atoms with van der Waals surface area (Å²) >= 11 is 0. The van der Waals surface area contributed by atoms with Crippen molar-refractivity contribution in [3.63, 3.8) is 0 Å². The van der Waals surface area contributed by atoms with Crippen LogP contribution in [0, 0.1) is 62.7 Å². The molecule has 0 aromatic heterocycles. The van der Waals surface area contributed by atoms with Gasteiger partial charge in [-0.05, 0) is 89.8 Å². The minimum Gasteiger partial charge on any atom is -0.396 e. The molecule has 2 unspecified atom stereocenters. The number of ketones is 2. The Morgan fingerprint density at radius 1 is 0.943 bits per heavy atom. The highest BCUT2D eigenvalue weighted by Crippen LogP contribution is 2.75. The molecular formula is C31H45NO3. The van der Waals surface area contributed by atoms with Crippen molar-refractivity contribution >= 4 is 11.6 Å². The summed E-state index contributed by atoms with van der Waals surface area (Å²) in [6.07, 6.45) is 9.65. The third-order valence-corrected chi connectivity index (χ3v) is 12.9. The quantitative estimate of drug-likeness (QED) is 0.429. The SMILES string of the molecule is [C-]#[N+]C1=C[C@]2(C)[C@H]3CC(=O)C4C5CC(C)(C)CC[C@]5(CO)CC[C@@]4(C)[C@]3(C)CC[C@H]2C(C)(C)C1=O. The number of carbonyl (C=O) groups is 2. The van der Waals surface area contributed by atoms with Crippen LogP contribution in [0.4, 0.5) is 0 Å². The number of aliphatic hydroxyl groups excluding tert-OH is 1. The number of nitrogens with zero attached hydrogens (tertiary/aromatic N) is 1. The molecule has 0 aromatic carbocycles. The molecule has 4 nitrogen and oxygen atoms in total. The van der Waals surface area contributed by atoms with Crippen LogP contribution in [0.25, 0.3) is 4.85 Å². The second kappa shape index (κ2) is 7.31. The van der Waals surface area contributed by atoms with E-state index in [0.29, 0.717) is 12.2 Å². The summed E-state index contributed by atoms with van der Waals surface area (Å²) in [6.45, 7) is 23.7. The lowest BCUT2D eigenvalue weighted by molar-refractivity contribution is -0.226. The normalized spacial score (nSPS) is 50.1. The van der Waals surface area contributed by atoms with Gasteiger partial charge in [0.1, 0.15) is 5.78 Å². The summed E-state index contributed by atoms with van der Waals surface area (Å²) in [7, 11) is 0. The first kappa shape index (κ1) is 25.2. The maximum absolute atomic E-state index is 14.3. The number of hydrogen-bond acceptors (Lipinski definition) is 3. The van der Waals surface area contributed by atoms with E-state index in [1.165, 1.54) is 0 Å². The largest absolute Gasteiger partial charge is 0.396 e. The molecule has 4 saturated carbocycles. The van der Waals surface area contributed by atoms with Crippen LogP contribution in [0.1, 0.15) is 99.8 Å². The molecule has 0 bridgehead atoms. The summed E-state index contributed by atoms with van der Waals surface area (Å²) in [5.41, 5.74) is -0.742. The Morgan fingerprint density at radius 2 is 1.60 bits per heavy atom. The number of rotatable bonds is 1. The number of aliphatic hydroxyl groups is 1. The summed E-state index contributed by atoms with van der Waals surface area (Å²) < 4.78 is 0. The van der Waals surface area contributed by atoms with Gasteiger partial charge in [0.15, 0.2) is 5.78 Å². The molecule has 4 fully saturated rings. The molecule has 0 aliphatic heterocycles. The predicted octanol–water partition coefficient (Wildman–Crippen LogP) is 6.63. The van der Waals surface area contributed by atoms with Crippen LogP contribution in [0.5, 0.6) is 0 Å². The highest BCUT2D eigenvalue weighted by molar-refractivity contribution is 6.02. The molecule has 0 heterocycles. The van der Waals surface area contributed by atoms with Gasteiger partial charge in [0.25, 0.3) is 0 Å². The Bertz CT molecular complexity index is 1050. The van der Waals surface area contributed by atoms with Gasteiger partial charge >= 0.3 is 0 Å². The molecule has 0 aromatic rings. The van der Waals surface area contributed by atoms with E-state index in [-0.39, 0.29) is 68.8 Å². The fourth-order valence-corrected chi connectivity index (χ4v) is 10.7. The van der Waals surface area contributed by atoms with Gasteiger partial charge in [-0.25, -0.2) is 4.85 Å². The Hall–Kier alpha value is -1.47. The summed E-state index contributed by atoms with van der Waals surface area (Å²) in [4.78, 5) is 31.2. The van der Waals surface area contributed by atoms with Crippen molar-refractivity contribution in [1.29, 1.82) is 0 Å². The standard InChI is InChI=1S/C31H45NO3/c1-26(2)11-13-31(18-33)14-12-30(7)24(19(31)16-26)21(34)15-23-28(5)17-20(32-8)25(35)27(3,4)22(28)9-10-29(23,30)6/h17,19,22-24,33H,9-16,18H2,1-7H3/t19?,22-,23+,24?,28-,29+,30+,31+/m0/s1. The van der Waals surface area contributed by atoms with Crippen LogP contribution in [-0.4, -0.2) is 23.3 Å². The molecule has 5 rings (SSSR count). The molecule has 0 saturated heterocycles. The number of hydrogen-bond donors (Lipinski definition) is 1. The molecule has 4 heteroatoms. The van der Waals surface area contributed by atoms with Crippen LogP contribution in [0.15, 0.2) is 11.8 Å². The lowest BCUT2D eigenvalue weighted by Crippen LogP contribution is -2.68. The van der Waals surface area contributed by atoms with E-state index in [1.54, 1.807) is 0 Å². The second-order valence-electron chi connectivity index (χ2n) is 15.2.